The minimum absolute atomic E-state index is 0.168. The van der Waals surface area contributed by atoms with Crippen molar-refractivity contribution in [3.8, 4) is 0 Å². The minimum Gasteiger partial charge on any atom is -0.394 e. The molecule has 2 saturated heterocycles. The fraction of sp³-hybridized carbons (Fsp3) is 1.00. The largest absolute Gasteiger partial charge is 0.394 e. The summed E-state index contributed by atoms with van der Waals surface area (Å²) in [5.74, 6) is -0.777. The quantitative estimate of drug-likeness (QED) is 0.746. The molecule has 2 aliphatic heterocycles. The third-order valence-electron chi connectivity index (χ3n) is 3.37. The van der Waals surface area contributed by atoms with E-state index in [9.17, 15) is 10.2 Å². The predicted molar refractivity (Wildman–Crippen MR) is 61.8 cm³/mol. The molecule has 2 N–H and O–H groups in total. The van der Waals surface area contributed by atoms with Gasteiger partial charge in [-0.15, -0.1) is 0 Å². The first-order valence-electron chi connectivity index (χ1n) is 6.29. The lowest BCUT2D eigenvalue weighted by molar-refractivity contribution is -0.245. The van der Waals surface area contributed by atoms with Crippen LogP contribution in [0.3, 0.4) is 0 Å². The van der Waals surface area contributed by atoms with Gasteiger partial charge in [-0.3, -0.25) is 0 Å². The van der Waals surface area contributed by atoms with Crippen LogP contribution in [0.5, 0.6) is 0 Å². The van der Waals surface area contributed by atoms with Gasteiger partial charge in [-0.1, -0.05) is 0 Å². The van der Waals surface area contributed by atoms with E-state index in [0.717, 1.165) is 0 Å². The van der Waals surface area contributed by atoms with Gasteiger partial charge in [0.25, 0.3) is 0 Å². The molecule has 2 rings (SSSR count). The maximum Gasteiger partial charge on any atom is 0.164 e. The van der Waals surface area contributed by atoms with Gasteiger partial charge in [-0.2, -0.15) is 0 Å². The molecule has 0 bridgehead atoms. The molecule has 0 unspecified atom stereocenters. The van der Waals surface area contributed by atoms with Crippen LogP contribution < -0.4 is 0 Å². The summed E-state index contributed by atoms with van der Waals surface area (Å²) >= 11 is 0. The first-order valence-corrected chi connectivity index (χ1v) is 6.29. The Hall–Kier alpha value is -0.240. The maximum absolute atomic E-state index is 10.0. The van der Waals surface area contributed by atoms with Gasteiger partial charge in [0.1, 0.15) is 18.3 Å². The van der Waals surface area contributed by atoms with Crippen LogP contribution in [0.15, 0.2) is 0 Å². The van der Waals surface area contributed by atoms with Crippen molar-refractivity contribution in [2.24, 2.45) is 0 Å². The van der Waals surface area contributed by atoms with Crippen LogP contribution in [0.2, 0.25) is 0 Å². The lowest BCUT2D eigenvalue weighted by Crippen LogP contribution is -2.51. The Labute approximate surface area is 107 Å². The first-order chi connectivity index (χ1) is 8.46. The highest BCUT2D eigenvalue weighted by atomic mass is 16.8. The summed E-state index contributed by atoms with van der Waals surface area (Å²) in [5, 5.41) is 19.4. The Morgan fingerprint density at radius 3 is 2.56 bits per heavy atom. The van der Waals surface area contributed by atoms with Crippen LogP contribution in [-0.2, 0) is 18.9 Å². The first kappa shape index (κ1) is 14.2. The molecule has 2 fully saturated rings. The predicted octanol–water partition coefficient (Wildman–Crippen LogP) is 0.0112. The second kappa shape index (κ2) is 5.40. The van der Waals surface area contributed by atoms with E-state index in [1.807, 2.05) is 0 Å². The molecule has 2 heterocycles. The number of methoxy groups -OCH3 is 1. The monoisotopic (exact) mass is 262 g/mol. The normalized spacial score (nSPS) is 44.2. The zero-order valence-electron chi connectivity index (χ0n) is 11.0. The number of hydrogen-bond acceptors (Lipinski definition) is 6. The summed E-state index contributed by atoms with van der Waals surface area (Å²) in [7, 11) is 1.57. The van der Waals surface area contributed by atoms with Gasteiger partial charge in [0.2, 0.25) is 0 Å². The van der Waals surface area contributed by atoms with Crippen LogP contribution in [0.4, 0.5) is 0 Å². The fourth-order valence-electron chi connectivity index (χ4n) is 2.56. The number of hydrogen-bond donors (Lipinski definition) is 2. The van der Waals surface area contributed by atoms with E-state index >= 15 is 0 Å². The van der Waals surface area contributed by atoms with Crippen LogP contribution in [0.1, 0.15) is 26.7 Å². The molecule has 0 amide bonds. The number of aliphatic hydroxyl groups is 2. The third kappa shape index (κ3) is 2.84. The third-order valence-corrected chi connectivity index (χ3v) is 3.37. The molecule has 0 aromatic heterocycles. The van der Waals surface area contributed by atoms with Crippen LogP contribution in [-0.4, -0.2) is 60.4 Å². The van der Waals surface area contributed by atoms with Crippen molar-refractivity contribution in [3.05, 3.63) is 0 Å². The Kier molecular flexibility index (Phi) is 4.25. The lowest BCUT2D eigenvalue weighted by atomic mass is 9.97. The summed E-state index contributed by atoms with van der Waals surface area (Å²) in [6.45, 7) is 3.38. The SMILES string of the molecule is CO[C@H]1CC[C@H](O)[C@H]([C@@H]2OC(C)(C)O[C@H]2CO)O1. The van der Waals surface area contributed by atoms with E-state index in [-0.39, 0.29) is 12.9 Å². The van der Waals surface area contributed by atoms with Crippen molar-refractivity contribution in [1.82, 2.24) is 0 Å². The van der Waals surface area contributed by atoms with Gasteiger partial charge >= 0.3 is 0 Å². The van der Waals surface area contributed by atoms with Crippen molar-refractivity contribution >= 4 is 0 Å². The Morgan fingerprint density at radius 2 is 1.94 bits per heavy atom. The fourth-order valence-corrected chi connectivity index (χ4v) is 2.56. The molecular formula is C12H22O6. The van der Waals surface area contributed by atoms with Crippen molar-refractivity contribution in [3.63, 3.8) is 0 Å². The summed E-state index contributed by atoms with van der Waals surface area (Å²) in [6.07, 6.45) is -1.26. The van der Waals surface area contributed by atoms with Gasteiger partial charge in [0.15, 0.2) is 12.1 Å². The molecule has 6 heteroatoms. The van der Waals surface area contributed by atoms with Crippen LogP contribution in [0, 0.1) is 0 Å². The van der Waals surface area contributed by atoms with Crippen molar-refractivity contribution in [2.75, 3.05) is 13.7 Å². The Balaban J connectivity index is 2.08. The molecule has 0 saturated carbocycles. The van der Waals surface area contributed by atoms with Gasteiger partial charge < -0.3 is 29.2 Å². The summed E-state index contributed by atoms with van der Waals surface area (Å²) in [5.41, 5.74) is 0. The molecule has 2 aliphatic rings. The number of ether oxygens (including phenoxy) is 4. The topological polar surface area (TPSA) is 77.4 Å². The Bertz CT molecular complexity index is 282. The second-order valence-electron chi connectivity index (χ2n) is 5.23. The lowest BCUT2D eigenvalue weighted by Gasteiger charge is -2.37. The van der Waals surface area contributed by atoms with E-state index in [2.05, 4.69) is 0 Å². The summed E-state index contributed by atoms with van der Waals surface area (Å²) in [6, 6.07) is 0. The van der Waals surface area contributed by atoms with Gasteiger partial charge in [0.05, 0.1) is 12.7 Å². The minimum atomic E-state index is -0.777. The van der Waals surface area contributed by atoms with Gasteiger partial charge in [-0.05, 0) is 20.3 Å². The van der Waals surface area contributed by atoms with E-state index in [4.69, 9.17) is 18.9 Å². The van der Waals surface area contributed by atoms with E-state index in [1.165, 1.54) is 0 Å². The number of rotatable bonds is 3. The highest BCUT2D eigenvalue weighted by Crippen LogP contribution is 2.34. The highest BCUT2D eigenvalue weighted by molar-refractivity contribution is 4.92. The summed E-state index contributed by atoms with van der Waals surface area (Å²) < 4.78 is 22.1. The molecule has 106 valence electrons. The zero-order chi connectivity index (χ0) is 13.3. The molecule has 0 radical (unpaired) electrons. The van der Waals surface area contributed by atoms with Crippen LogP contribution >= 0.6 is 0 Å². The summed E-state index contributed by atoms with van der Waals surface area (Å²) in [4.78, 5) is 0. The maximum atomic E-state index is 10.0. The highest BCUT2D eigenvalue weighted by Gasteiger charge is 2.49. The van der Waals surface area contributed by atoms with Crippen LogP contribution in [0.25, 0.3) is 0 Å². The second-order valence-corrected chi connectivity index (χ2v) is 5.23. The van der Waals surface area contributed by atoms with E-state index < -0.39 is 30.2 Å². The molecule has 18 heavy (non-hydrogen) atoms. The van der Waals surface area contributed by atoms with Crippen molar-refractivity contribution in [2.45, 2.75) is 63.2 Å². The smallest absolute Gasteiger partial charge is 0.164 e. The zero-order valence-corrected chi connectivity index (χ0v) is 11.0. The average molecular weight is 262 g/mol. The molecule has 0 aromatic carbocycles. The molecule has 0 aromatic rings. The van der Waals surface area contributed by atoms with Crippen molar-refractivity contribution < 1.29 is 29.2 Å². The van der Waals surface area contributed by atoms with Gasteiger partial charge in [-0.25, -0.2) is 0 Å². The molecule has 0 spiro atoms. The average Bonchev–Trinajstić information content (AvgIpc) is 2.65. The molecule has 5 atom stereocenters. The van der Waals surface area contributed by atoms with Crippen molar-refractivity contribution in [1.29, 1.82) is 0 Å². The van der Waals surface area contributed by atoms with Gasteiger partial charge in [0, 0.05) is 13.5 Å². The van der Waals surface area contributed by atoms with E-state index in [0.29, 0.717) is 12.8 Å². The number of aliphatic hydroxyl groups excluding tert-OH is 2. The Morgan fingerprint density at radius 1 is 1.22 bits per heavy atom. The van der Waals surface area contributed by atoms with E-state index in [1.54, 1.807) is 21.0 Å². The molecule has 0 aliphatic carbocycles. The molecular weight excluding hydrogens is 240 g/mol. The molecule has 6 nitrogen and oxygen atoms in total. The standard InChI is InChI=1S/C12H22O6/c1-12(2)17-8(6-13)11(18-12)10-7(14)4-5-9(15-3)16-10/h7-11,13-14H,4-6H2,1-3H3/t7-,8-,9+,10+,11+/m0/s1.